The number of aryl methyl sites for hydroxylation is 3. The van der Waals surface area contributed by atoms with Gasteiger partial charge < -0.3 is 13.4 Å². The first kappa shape index (κ1) is 16.5. The van der Waals surface area contributed by atoms with Crippen LogP contribution in [0.5, 0.6) is 0 Å². The summed E-state index contributed by atoms with van der Waals surface area (Å²) in [4.78, 5) is 27.9. The summed E-state index contributed by atoms with van der Waals surface area (Å²) < 4.78 is 15.5. The summed E-state index contributed by atoms with van der Waals surface area (Å²) in [6.45, 7) is 3.42. The lowest BCUT2D eigenvalue weighted by atomic mass is 10.2. The van der Waals surface area contributed by atoms with E-state index in [1.165, 1.54) is 6.26 Å². The Morgan fingerprint density at radius 2 is 2.08 bits per heavy atom. The lowest BCUT2D eigenvalue weighted by molar-refractivity contribution is -0.121. The first-order valence-electron chi connectivity index (χ1n) is 7.55. The van der Waals surface area contributed by atoms with Crippen molar-refractivity contribution in [3.8, 4) is 11.6 Å². The fourth-order valence-corrected chi connectivity index (χ4v) is 2.20. The molecule has 0 aliphatic rings. The highest BCUT2D eigenvalue weighted by Crippen LogP contribution is 2.16. The van der Waals surface area contributed by atoms with Gasteiger partial charge in [-0.25, -0.2) is 0 Å². The summed E-state index contributed by atoms with van der Waals surface area (Å²) in [5.74, 6) is 1.38. The number of amides is 2. The zero-order valence-electron chi connectivity index (χ0n) is 13.7. The summed E-state index contributed by atoms with van der Waals surface area (Å²) in [7, 11) is 0. The number of carbonyl (C=O) groups excluding carboxylic acids is 2. The van der Waals surface area contributed by atoms with Crippen molar-refractivity contribution < 1.29 is 22.9 Å². The van der Waals surface area contributed by atoms with E-state index in [0.717, 1.165) is 0 Å². The van der Waals surface area contributed by atoms with Gasteiger partial charge >= 0.3 is 0 Å². The van der Waals surface area contributed by atoms with E-state index < -0.39 is 5.91 Å². The molecule has 0 aromatic carbocycles. The molecule has 2 N–H and O–H groups in total. The minimum atomic E-state index is -0.444. The Morgan fingerprint density at radius 1 is 1.24 bits per heavy atom. The van der Waals surface area contributed by atoms with Crippen molar-refractivity contribution in [2.45, 2.75) is 26.7 Å². The summed E-state index contributed by atoms with van der Waals surface area (Å²) in [6, 6.07) is 5.02. The molecule has 2 amide bonds. The molecule has 3 aromatic rings. The summed E-state index contributed by atoms with van der Waals surface area (Å²) in [5, 5.41) is 3.77. The Labute approximate surface area is 142 Å². The van der Waals surface area contributed by atoms with E-state index in [4.69, 9.17) is 13.4 Å². The first-order valence-corrected chi connectivity index (χ1v) is 7.55. The normalized spacial score (nSPS) is 10.6. The van der Waals surface area contributed by atoms with Crippen LogP contribution in [-0.4, -0.2) is 22.0 Å². The molecule has 3 aromatic heterocycles. The number of nitrogens with one attached hydrogen (secondary N) is 2. The third-order valence-corrected chi connectivity index (χ3v) is 3.38. The SMILES string of the molecule is Cc1cc(C(=O)NNC(=O)CCc2nc(-c3ccco3)no2)c(C)o1. The van der Waals surface area contributed by atoms with Gasteiger partial charge in [0.15, 0.2) is 5.76 Å². The van der Waals surface area contributed by atoms with Crippen molar-refractivity contribution in [3.63, 3.8) is 0 Å². The number of hydrogen-bond donors (Lipinski definition) is 2. The van der Waals surface area contributed by atoms with Crippen molar-refractivity contribution in [1.82, 2.24) is 21.0 Å². The molecule has 0 fully saturated rings. The van der Waals surface area contributed by atoms with Gasteiger partial charge in [0.05, 0.1) is 11.8 Å². The van der Waals surface area contributed by atoms with E-state index >= 15 is 0 Å². The Balaban J connectivity index is 1.47. The Kier molecular flexibility index (Phi) is 4.64. The van der Waals surface area contributed by atoms with Gasteiger partial charge in [-0.05, 0) is 32.0 Å². The predicted octanol–water partition coefficient (Wildman–Crippen LogP) is 1.93. The monoisotopic (exact) mass is 344 g/mol. The van der Waals surface area contributed by atoms with Gasteiger partial charge in [-0.2, -0.15) is 4.98 Å². The maximum Gasteiger partial charge on any atom is 0.273 e. The van der Waals surface area contributed by atoms with Gasteiger partial charge in [0.25, 0.3) is 5.91 Å². The average molecular weight is 344 g/mol. The van der Waals surface area contributed by atoms with Crippen molar-refractivity contribution >= 4 is 11.8 Å². The molecule has 0 atom stereocenters. The van der Waals surface area contributed by atoms with Gasteiger partial charge in [0, 0.05) is 12.8 Å². The summed E-state index contributed by atoms with van der Waals surface area (Å²) in [5.41, 5.74) is 5.04. The molecule has 0 saturated carbocycles. The van der Waals surface area contributed by atoms with E-state index in [-0.39, 0.29) is 18.7 Å². The van der Waals surface area contributed by atoms with E-state index in [1.807, 2.05) is 0 Å². The first-order chi connectivity index (χ1) is 12.0. The van der Waals surface area contributed by atoms with Gasteiger partial charge in [-0.1, -0.05) is 5.16 Å². The van der Waals surface area contributed by atoms with Crippen LogP contribution in [0.2, 0.25) is 0 Å². The average Bonchev–Trinajstić information content (AvgIpc) is 3.31. The molecule has 3 heterocycles. The quantitative estimate of drug-likeness (QED) is 0.678. The number of nitrogens with zero attached hydrogens (tertiary/aromatic N) is 2. The van der Waals surface area contributed by atoms with E-state index in [1.54, 1.807) is 32.0 Å². The van der Waals surface area contributed by atoms with Crippen LogP contribution in [0, 0.1) is 13.8 Å². The molecule has 3 rings (SSSR count). The van der Waals surface area contributed by atoms with Crippen LogP contribution in [0.4, 0.5) is 0 Å². The molecule has 0 bridgehead atoms. The van der Waals surface area contributed by atoms with E-state index in [9.17, 15) is 9.59 Å². The summed E-state index contributed by atoms with van der Waals surface area (Å²) >= 11 is 0. The highest BCUT2D eigenvalue weighted by molar-refractivity contribution is 5.96. The number of aromatic nitrogens is 2. The molecular formula is C16H16N4O5. The van der Waals surface area contributed by atoms with Crippen LogP contribution in [-0.2, 0) is 11.2 Å². The Morgan fingerprint density at radius 3 is 2.76 bits per heavy atom. The van der Waals surface area contributed by atoms with Crippen molar-refractivity contribution in [2.24, 2.45) is 0 Å². The molecule has 0 aliphatic heterocycles. The third kappa shape index (κ3) is 3.94. The van der Waals surface area contributed by atoms with Crippen LogP contribution in [0.3, 0.4) is 0 Å². The number of rotatable bonds is 5. The lowest BCUT2D eigenvalue weighted by Gasteiger charge is -2.05. The van der Waals surface area contributed by atoms with Gasteiger partial charge in [-0.15, -0.1) is 0 Å². The Bertz CT molecular complexity index is 878. The molecule has 130 valence electrons. The van der Waals surface area contributed by atoms with Crippen molar-refractivity contribution in [1.29, 1.82) is 0 Å². The van der Waals surface area contributed by atoms with Crippen LogP contribution < -0.4 is 10.9 Å². The topological polar surface area (TPSA) is 123 Å². The molecular weight excluding hydrogens is 328 g/mol. The molecule has 25 heavy (non-hydrogen) atoms. The zero-order valence-corrected chi connectivity index (χ0v) is 13.7. The largest absolute Gasteiger partial charge is 0.466 e. The second-order valence-electron chi connectivity index (χ2n) is 5.32. The zero-order chi connectivity index (χ0) is 17.8. The minimum absolute atomic E-state index is 0.0729. The molecule has 9 heteroatoms. The number of carbonyl (C=O) groups is 2. The lowest BCUT2D eigenvalue weighted by Crippen LogP contribution is -2.41. The van der Waals surface area contributed by atoms with Crippen LogP contribution in [0.15, 0.2) is 37.8 Å². The standard InChI is InChI=1S/C16H16N4O5/c1-9-8-11(10(2)24-9)16(22)19-18-13(21)5-6-14-17-15(20-25-14)12-4-3-7-23-12/h3-4,7-8H,5-6H2,1-2H3,(H,18,21)(H,19,22). The van der Waals surface area contributed by atoms with Crippen LogP contribution in [0.25, 0.3) is 11.6 Å². The second-order valence-corrected chi connectivity index (χ2v) is 5.32. The number of furan rings is 2. The van der Waals surface area contributed by atoms with Crippen molar-refractivity contribution in [2.75, 3.05) is 0 Å². The van der Waals surface area contributed by atoms with Crippen LogP contribution >= 0.6 is 0 Å². The van der Waals surface area contributed by atoms with Crippen molar-refractivity contribution in [3.05, 3.63) is 47.4 Å². The number of hydrazine groups is 1. The second kappa shape index (κ2) is 7.04. The molecule has 0 radical (unpaired) electrons. The predicted molar refractivity (Wildman–Crippen MR) is 84.1 cm³/mol. The maximum atomic E-state index is 12.0. The highest BCUT2D eigenvalue weighted by Gasteiger charge is 2.15. The molecule has 0 aliphatic carbocycles. The molecule has 0 saturated heterocycles. The van der Waals surface area contributed by atoms with E-state index in [0.29, 0.717) is 34.6 Å². The van der Waals surface area contributed by atoms with Crippen LogP contribution in [0.1, 0.15) is 34.2 Å². The molecule has 0 spiro atoms. The maximum absolute atomic E-state index is 12.0. The van der Waals surface area contributed by atoms with Gasteiger partial charge in [-0.3, -0.25) is 20.4 Å². The fourth-order valence-electron chi connectivity index (χ4n) is 2.20. The fraction of sp³-hybridized carbons (Fsp3) is 0.250. The Hall–Kier alpha value is -3.36. The highest BCUT2D eigenvalue weighted by atomic mass is 16.5. The molecule has 0 unspecified atom stereocenters. The smallest absolute Gasteiger partial charge is 0.273 e. The minimum Gasteiger partial charge on any atom is -0.466 e. The summed E-state index contributed by atoms with van der Waals surface area (Å²) in [6.07, 6.45) is 1.81. The van der Waals surface area contributed by atoms with Gasteiger partial charge in [0.1, 0.15) is 11.5 Å². The number of hydrogen-bond acceptors (Lipinski definition) is 7. The molecule has 9 nitrogen and oxygen atoms in total. The van der Waals surface area contributed by atoms with E-state index in [2.05, 4.69) is 21.0 Å². The van der Waals surface area contributed by atoms with Gasteiger partial charge in [0.2, 0.25) is 17.6 Å². The third-order valence-electron chi connectivity index (χ3n) is 3.38.